The van der Waals surface area contributed by atoms with E-state index in [2.05, 4.69) is 25.5 Å². The molecule has 0 spiro atoms. The molecule has 0 fully saturated rings. The van der Waals surface area contributed by atoms with Gasteiger partial charge in [-0.3, -0.25) is 0 Å². The van der Waals surface area contributed by atoms with Crippen molar-refractivity contribution in [1.82, 2.24) is 5.32 Å². The molecule has 3 nitrogen and oxygen atoms in total. The van der Waals surface area contributed by atoms with Crippen molar-refractivity contribution < 1.29 is 13.1 Å². The van der Waals surface area contributed by atoms with Crippen LogP contribution in [0.1, 0.15) is 0 Å². The molecule has 5 N–H and O–H groups in total. The summed E-state index contributed by atoms with van der Waals surface area (Å²) in [5, 5.41) is 3.03. The molecule has 0 saturated heterocycles. The molecule has 0 amide bonds. The molecular weight excluding hydrogens is 225 g/mol. The molecule has 0 aromatic carbocycles. The summed E-state index contributed by atoms with van der Waals surface area (Å²) in [7, 11) is 9.34. The van der Waals surface area contributed by atoms with Gasteiger partial charge in [0.25, 0.3) is 0 Å². The fourth-order valence-electron chi connectivity index (χ4n) is 0.329. The first-order valence-electron chi connectivity index (χ1n) is 2.75. The first-order chi connectivity index (χ1) is 4.83. The molecule has 6 heteroatoms. The second-order valence-corrected chi connectivity index (χ2v) is 2.93. The Labute approximate surface area is 76.4 Å². The van der Waals surface area contributed by atoms with Crippen LogP contribution in [0.15, 0.2) is 0 Å². The van der Waals surface area contributed by atoms with Crippen LogP contribution in [-0.2, 0) is 13.1 Å². The van der Waals surface area contributed by atoms with Crippen LogP contribution >= 0.6 is 20.2 Å². The first kappa shape index (κ1) is 13.6. The topological polar surface area (TPSA) is 64.1 Å². The van der Waals surface area contributed by atoms with Gasteiger partial charge >= 0.3 is 33.3 Å². The van der Waals surface area contributed by atoms with Crippen LogP contribution in [-0.4, -0.2) is 26.2 Å². The summed E-state index contributed by atoms with van der Waals surface area (Å²) in [6.45, 7) is 3.13. The predicted octanol–water partition coefficient (Wildman–Crippen LogP) is -0.130. The van der Waals surface area contributed by atoms with Crippen LogP contribution < -0.4 is 16.8 Å². The molecule has 0 radical (unpaired) electrons. The Kier molecular flexibility index (Phi) is 22.4. The van der Waals surface area contributed by atoms with E-state index in [1.54, 1.807) is 0 Å². The molecule has 0 rings (SSSR count). The van der Waals surface area contributed by atoms with Crippen molar-refractivity contribution in [3.05, 3.63) is 0 Å². The molecule has 0 saturated carbocycles. The van der Waals surface area contributed by atoms with Crippen molar-refractivity contribution in [3.8, 4) is 0 Å². The Morgan fingerprint density at radius 1 is 1.10 bits per heavy atom. The van der Waals surface area contributed by atoms with E-state index in [0.717, 1.165) is 26.2 Å². The summed E-state index contributed by atoms with van der Waals surface area (Å²) >= 11 is 0.757. The Hall–Kier alpha value is 0.979. The van der Waals surface area contributed by atoms with Gasteiger partial charge in [-0.1, -0.05) is 0 Å². The number of hydrogen-bond donors (Lipinski definition) is 3. The van der Waals surface area contributed by atoms with Crippen molar-refractivity contribution in [1.29, 1.82) is 0 Å². The van der Waals surface area contributed by atoms with Crippen LogP contribution in [0.5, 0.6) is 0 Å². The monoisotopic (exact) mass is 236 g/mol. The maximum absolute atomic E-state index is 5.17. The molecule has 0 aromatic heterocycles. The fraction of sp³-hybridized carbons (Fsp3) is 1.00. The van der Waals surface area contributed by atoms with Crippen LogP contribution in [0, 0.1) is 0 Å². The second-order valence-electron chi connectivity index (χ2n) is 1.37. The van der Waals surface area contributed by atoms with E-state index >= 15 is 0 Å². The fourth-order valence-corrected chi connectivity index (χ4v) is 0.329. The molecule has 10 heavy (non-hydrogen) atoms. The van der Waals surface area contributed by atoms with E-state index in [0.29, 0.717) is 13.1 Å². The average molecular weight is 238 g/mol. The van der Waals surface area contributed by atoms with E-state index in [1.165, 1.54) is 0 Å². The van der Waals surface area contributed by atoms with Crippen molar-refractivity contribution in [3.63, 3.8) is 0 Å². The molecule has 0 aliphatic rings. The van der Waals surface area contributed by atoms with Gasteiger partial charge in [-0.05, 0) is 0 Å². The van der Waals surface area contributed by atoms with E-state index < -0.39 is 0 Å². The number of halogens is 2. The Morgan fingerprint density at radius 3 is 1.60 bits per heavy atom. The van der Waals surface area contributed by atoms with Crippen LogP contribution in [0.25, 0.3) is 0 Å². The maximum atomic E-state index is 5.17. The number of hydrogen-bond acceptors (Lipinski definition) is 3. The summed E-state index contributed by atoms with van der Waals surface area (Å²) in [4.78, 5) is 0. The van der Waals surface area contributed by atoms with Crippen molar-refractivity contribution in [2.45, 2.75) is 0 Å². The summed E-state index contributed by atoms with van der Waals surface area (Å²) in [5.41, 5.74) is 10.3. The summed E-state index contributed by atoms with van der Waals surface area (Å²) in [6, 6.07) is 0. The van der Waals surface area contributed by atoms with Crippen LogP contribution in [0.2, 0.25) is 0 Å². The minimum atomic E-state index is 0.694. The van der Waals surface area contributed by atoms with Gasteiger partial charge in [0, 0.05) is 26.2 Å². The van der Waals surface area contributed by atoms with E-state index in [1.807, 2.05) is 0 Å². The predicted molar refractivity (Wildman–Crippen MR) is 42.7 cm³/mol. The Bertz CT molecular complexity index is 45.5. The first-order valence-corrected chi connectivity index (χ1v) is 5.34. The second kappa shape index (κ2) is 16.5. The van der Waals surface area contributed by atoms with Gasteiger partial charge in [-0.25, -0.2) is 0 Å². The van der Waals surface area contributed by atoms with Gasteiger partial charge in [0.15, 0.2) is 0 Å². The molecule has 0 aromatic rings. The summed E-state index contributed by atoms with van der Waals surface area (Å²) in [5.74, 6) is 0. The van der Waals surface area contributed by atoms with Crippen LogP contribution in [0.3, 0.4) is 0 Å². The Balaban J connectivity index is 0. The van der Waals surface area contributed by atoms with Crippen molar-refractivity contribution in [2.75, 3.05) is 26.2 Å². The molecule has 0 bridgehead atoms. The van der Waals surface area contributed by atoms with Crippen molar-refractivity contribution in [2.24, 2.45) is 11.5 Å². The van der Waals surface area contributed by atoms with Gasteiger partial charge in [0.2, 0.25) is 0 Å². The van der Waals surface area contributed by atoms with Crippen molar-refractivity contribution >= 4 is 20.2 Å². The normalized spacial score (nSPS) is 8.80. The van der Waals surface area contributed by atoms with E-state index in [-0.39, 0.29) is 0 Å². The third kappa shape index (κ3) is 23.1. The molecule has 0 heterocycles. The summed E-state index contributed by atoms with van der Waals surface area (Å²) in [6.07, 6.45) is 0. The van der Waals surface area contributed by atoms with Gasteiger partial charge < -0.3 is 16.8 Å². The van der Waals surface area contributed by atoms with Gasteiger partial charge in [-0.15, -0.1) is 0 Å². The zero-order valence-electron chi connectivity index (χ0n) is 5.54. The average Bonchev–Trinajstić information content (AvgIpc) is 1.91. The van der Waals surface area contributed by atoms with E-state index in [9.17, 15) is 0 Å². The molecule has 69 valence electrons. The molecule has 0 aliphatic carbocycles. The van der Waals surface area contributed by atoms with E-state index in [4.69, 9.17) is 11.5 Å². The van der Waals surface area contributed by atoms with Gasteiger partial charge in [0.05, 0.1) is 0 Å². The quantitative estimate of drug-likeness (QED) is 0.472. The molecular formula is C4H13Cl2CuN3. The molecule has 0 aliphatic heterocycles. The standard InChI is InChI=1S/C4H13N3.2ClH.Cu/c5-1-3-7-4-2-6;;;/h7H,1-6H2;2*1H;/q;;;+2/p-2. The third-order valence-electron chi connectivity index (χ3n) is 0.642. The molecule has 0 unspecified atom stereocenters. The zero-order valence-corrected chi connectivity index (χ0v) is 7.99. The Morgan fingerprint density at radius 2 is 1.40 bits per heavy atom. The van der Waals surface area contributed by atoms with Crippen LogP contribution in [0.4, 0.5) is 0 Å². The van der Waals surface area contributed by atoms with Gasteiger partial charge in [-0.2, -0.15) is 0 Å². The summed E-state index contributed by atoms with van der Waals surface area (Å²) < 4.78 is 0. The number of nitrogens with two attached hydrogens (primary N) is 2. The number of rotatable bonds is 4. The zero-order chi connectivity index (χ0) is 8.24. The van der Waals surface area contributed by atoms with Gasteiger partial charge in [0.1, 0.15) is 0 Å². The SMILES string of the molecule is NCCNCCN.[Cl][Cu][Cl]. The third-order valence-corrected chi connectivity index (χ3v) is 0.642. The number of nitrogens with one attached hydrogen (secondary N) is 1. The molecule has 0 atom stereocenters. The minimum absolute atomic E-state index is 0.694.